The number of methoxy groups -OCH3 is 1. The van der Waals surface area contributed by atoms with E-state index in [4.69, 9.17) is 4.74 Å². The molecule has 0 spiro atoms. The summed E-state index contributed by atoms with van der Waals surface area (Å²) < 4.78 is 34.3. The second kappa shape index (κ2) is 10.7. The van der Waals surface area contributed by atoms with Gasteiger partial charge in [-0.05, 0) is 30.3 Å². The summed E-state index contributed by atoms with van der Waals surface area (Å²) in [5.41, 5.74) is 2.34. The molecule has 1 saturated heterocycles. The van der Waals surface area contributed by atoms with Crippen molar-refractivity contribution in [1.29, 1.82) is 0 Å². The molecule has 3 aromatic heterocycles. The van der Waals surface area contributed by atoms with Crippen LogP contribution in [0.3, 0.4) is 0 Å². The van der Waals surface area contributed by atoms with E-state index in [9.17, 15) is 13.5 Å². The zero-order valence-electron chi connectivity index (χ0n) is 21.9. The topological polar surface area (TPSA) is 126 Å². The lowest BCUT2D eigenvalue weighted by Crippen LogP contribution is -2.47. The highest BCUT2D eigenvalue weighted by molar-refractivity contribution is 7.90. The van der Waals surface area contributed by atoms with E-state index in [1.54, 1.807) is 43.8 Å². The molecule has 12 heteroatoms. The molecule has 11 nitrogen and oxygen atoms in total. The maximum Gasteiger partial charge on any atom is 0.271 e. The van der Waals surface area contributed by atoms with Crippen LogP contribution in [-0.4, -0.2) is 83.8 Å². The number of anilines is 3. The van der Waals surface area contributed by atoms with Crippen LogP contribution >= 0.6 is 0 Å². The Labute approximate surface area is 231 Å². The largest absolute Gasteiger partial charge is 0.494 e. The standard InChI is InChI=1S/C28H29N7O4S/c1-39-24-18-22(34-14-12-33(13-15-34)16-17-36)7-8-23(24)31-28-30-19-21-9-11-35(27(21)32-28)40(37,38)25-6-2-4-20-5-3-10-29-26(20)25/h2-11,18-19,36H,12-17H2,1H3,(H,30,31,32). The van der Waals surface area contributed by atoms with E-state index in [1.807, 2.05) is 30.3 Å². The second-order valence-corrected chi connectivity index (χ2v) is 11.3. The third kappa shape index (κ3) is 4.81. The van der Waals surface area contributed by atoms with Gasteiger partial charge in [0.05, 0.1) is 24.9 Å². The minimum Gasteiger partial charge on any atom is -0.494 e. The molecule has 0 atom stereocenters. The van der Waals surface area contributed by atoms with Crippen LogP contribution in [0.25, 0.3) is 21.9 Å². The van der Waals surface area contributed by atoms with Crippen LogP contribution in [0.5, 0.6) is 5.75 Å². The normalized spacial score (nSPS) is 14.6. The number of benzene rings is 2. The number of fused-ring (bicyclic) bond motifs is 2. The lowest BCUT2D eigenvalue weighted by molar-refractivity contribution is 0.189. The van der Waals surface area contributed by atoms with E-state index >= 15 is 0 Å². The fourth-order valence-corrected chi connectivity index (χ4v) is 6.48. The fourth-order valence-electron chi connectivity index (χ4n) is 5.01. The molecule has 5 aromatic rings. The van der Waals surface area contributed by atoms with Gasteiger partial charge in [-0.25, -0.2) is 17.4 Å². The van der Waals surface area contributed by atoms with Crippen LogP contribution in [-0.2, 0) is 10.0 Å². The SMILES string of the molecule is COc1cc(N2CCN(CCO)CC2)ccc1Nc1ncc2ccn(S(=O)(=O)c3cccc4cccnc34)c2n1. The Bertz CT molecular complexity index is 1780. The van der Waals surface area contributed by atoms with Gasteiger partial charge in [-0.2, -0.15) is 4.98 Å². The molecule has 4 heterocycles. The molecular weight excluding hydrogens is 530 g/mol. The van der Waals surface area contributed by atoms with Gasteiger partial charge in [-0.15, -0.1) is 0 Å². The smallest absolute Gasteiger partial charge is 0.271 e. The van der Waals surface area contributed by atoms with Crippen molar-refractivity contribution in [2.45, 2.75) is 4.90 Å². The molecule has 206 valence electrons. The van der Waals surface area contributed by atoms with Gasteiger partial charge in [0, 0.05) is 73.8 Å². The number of hydrogen-bond acceptors (Lipinski definition) is 10. The molecule has 6 rings (SSSR count). The van der Waals surface area contributed by atoms with Crippen molar-refractivity contribution in [3.05, 3.63) is 73.2 Å². The van der Waals surface area contributed by atoms with E-state index in [1.165, 1.54) is 6.20 Å². The number of β-amino-alcohol motifs (C(OH)–C–C–N with tert-alkyl or cyclic N) is 1. The fraction of sp³-hybridized carbons (Fsp3) is 0.250. The molecule has 0 radical (unpaired) electrons. The zero-order valence-corrected chi connectivity index (χ0v) is 22.8. The summed E-state index contributed by atoms with van der Waals surface area (Å²) in [6.07, 6.45) is 4.65. The van der Waals surface area contributed by atoms with Crippen molar-refractivity contribution in [2.75, 3.05) is 56.7 Å². The number of aliphatic hydroxyl groups excluding tert-OH is 1. The van der Waals surface area contributed by atoms with Crippen molar-refractivity contribution >= 4 is 49.3 Å². The first-order chi connectivity index (χ1) is 19.5. The Balaban J connectivity index is 1.29. The summed E-state index contributed by atoms with van der Waals surface area (Å²) in [7, 11) is -2.39. The van der Waals surface area contributed by atoms with Crippen LogP contribution < -0.4 is 15.0 Å². The highest BCUT2D eigenvalue weighted by atomic mass is 32.2. The lowest BCUT2D eigenvalue weighted by atomic mass is 10.2. The molecule has 2 N–H and O–H groups in total. The van der Waals surface area contributed by atoms with E-state index in [0.29, 0.717) is 28.9 Å². The second-order valence-electron chi connectivity index (χ2n) is 9.48. The number of nitrogens with one attached hydrogen (secondary N) is 1. The average Bonchev–Trinajstić information content (AvgIpc) is 3.42. The van der Waals surface area contributed by atoms with Crippen molar-refractivity contribution in [3.63, 3.8) is 0 Å². The van der Waals surface area contributed by atoms with Gasteiger partial charge in [-0.3, -0.25) is 9.88 Å². The Morgan fingerprint density at radius 1 is 1.00 bits per heavy atom. The van der Waals surface area contributed by atoms with E-state index in [-0.39, 0.29) is 23.1 Å². The summed E-state index contributed by atoms with van der Waals surface area (Å²) in [6, 6.07) is 16.2. The monoisotopic (exact) mass is 559 g/mol. The van der Waals surface area contributed by atoms with Gasteiger partial charge in [0.25, 0.3) is 10.0 Å². The maximum absolute atomic E-state index is 13.7. The molecule has 0 unspecified atom stereocenters. The highest BCUT2D eigenvalue weighted by Crippen LogP contribution is 2.32. The predicted molar refractivity (Wildman–Crippen MR) is 154 cm³/mol. The lowest BCUT2D eigenvalue weighted by Gasteiger charge is -2.36. The first-order valence-electron chi connectivity index (χ1n) is 12.9. The molecule has 1 aliphatic rings. The van der Waals surface area contributed by atoms with Crippen molar-refractivity contribution in [1.82, 2.24) is 23.8 Å². The van der Waals surface area contributed by atoms with Gasteiger partial charge in [0.15, 0.2) is 5.65 Å². The number of para-hydroxylation sites is 1. The summed E-state index contributed by atoms with van der Waals surface area (Å²) in [5.74, 6) is 0.853. The third-order valence-corrected chi connectivity index (χ3v) is 8.81. The summed E-state index contributed by atoms with van der Waals surface area (Å²) >= 11 is 0. The van der Waals surface area contributed by atoms with Crippen LogP contribution in [0.4, 0.5) is 17.3 Å². The van der Waals surface area contributed by atoms with Crippen LogP contribution in [0.1, 0.15) is 0 Å². The quantitative estimate of drug-likeness (QED) is 0.293. The molecule has 1 aliphatic heterocycles. The summed E-state index contributed by atoms with van der Waals surface area (Å²) in [4.78, 5) is 17.9. The van der Waals surface area contributed by atoms with Crippen LogP contribution in [0.2, 0.25) is 0 Å². The molecule has 40 heavy (non-hydrogen) atoms. The maximum atomic E-state index is 13.7. The molecule has 0 amide bonds. The number of piperazine rings is 1. The molecule has 2 aromatic carbocycles. The molecule has 0 bridgehead atoms. The Kier molecular flexibility index (Phi) is 6.96. The van der Waals surface area contributed by atoms with Gasteiger partial charge >= 0.3 is 0 Å². The Morgan fingerprint density at radius 2 is 1.82 bits per heavy atom. The summed E-state index contributed by atoms with van der Waals surface area (Å²) in [5, 5.41) is 13.7. The van der Waals surface area contributed by atoms with Crippen molar-refractivity contribution in [3.8, 4) is 5.75 Å². The van der Waals surface area contributed by atoms with Gasteiger partial charge in [-0.1, -0.05) is 18.2 Å². The number of ether oxygens (including phenoxy) is 1. The van der Waals surface area contributed by atoms with E-state index < -0.39 is 10.0 Å². The summed E-state index contributed by atoms with van der Waals surface area (Å²) in [6.45, 7) is 4.33. The van der Waals surface area contributed by atoms with E-state index in [0.717, 1.165) is 41.2 Å². The Morgan fingerprint density at radius 3 is 2.62 bits per heavy atom. The average molecular weight is 560 g/mol. The molecular formula is C28H29N7O4S. The molecule has 0 aliphatic carbocycles. The number of aliphatic hydroxyl groups is 1. The van der Waals surface area contributed by atoms with E-state index in [2.05, 4.69) is 30.1 Å². The highest BCUT2D eigenvalue weighted by Gasteiger charge is 2.24. The zero-order chi connectivity index (χ0) is 27.7. The van der Waals surface area contributed by atoms with Gasteiger partial charge in [0.1, 0.15) is 10.6 Å². The molecule has 1 fully saturated rings. The van der Waals surface area contributed by atoms with Crippen LogP contribution in [0, 0.1) is 0 Å². The van der Waals surface area contributed by atoms with Crippen LogP contribution in [0.15, 0.2) is 78.1 Å². The van der Waals surface area contributed by atoms with Crippen molar-refractivity contribution in [2.24, 2.45) is 0 Å². The number of hydrogen-bond donors (Lipinski definition) is 2. The third-order valence-electron chi connectivity index (χ3n) is 7.11. The van der Waals surface area contributed by atoms with Gasteiger partial charge in [0.2, 0.25) is 5.95 Å². The number of aromatic nitrogens is 4. The Hall–Kier alpha value is -4.26. The number of rotatable bonds is 8. The minimum absolute atomic E-state index is 0.102. The first kappa shape index (κ1) is 26.0. The van der Waals surface area contributed by atoms with Gasteiger partial charge < -0.3 is 20.1 Å². The minimum atomic E-state index is -3.99. The first-order valence-corrected chi connectivity index (χ1v) is 14.4. The van der Waals surface area contributed by atoms with Crippen molar-refractivity contribution < 1.29 is 18.3 Å². The number of nitrogens with zero attached hydrogens (tertiary/aromatic N) is 6. The predicted octanol–water partition coefficient (Wildman–Crippen LogP) is 3.08. The number of pyridine rings is 1. The molecule has 0 saturated carbocycles.